The van der Waals surface area contributed by atoms with Gasteiger partial charge in [0.25, 0.3) is 0 Å². The summed E-state index contributed by atoms with van der Waals surface area (Å²) in [6.07, 6.45) is 2.74. The fourth-order valence-electron chi connectivity index (χ4n) is 2.36. The molecule has 0 aliphatic heterocycles. The molecule has 0 bridgehead atoms. The van der Waals surface area contributed by atoms with Crippen LogP contribution in [-0.4, -0.2) is 16.5 Å². The number of para-hydroxylation sites is 1. The van der Waals surface area contributed by atoms with E-state index in [0.717, 1.165) is 35.7 Å². The standard InChI is InChI=1S/C17H18N4/c1-12-15(18)7-8-16(21-12)19-11-9-14-5-2-4-13-6-3-10-20-17(13)14/h2-8,10H,9,11,18H2,1H3,(H,19,21). The van der Waals surface area contributed by atoms with E-state index in [1.54, 1.807) is 0 Å². The summed E-state index contributed by atoms with van der Waals surface area (Å²) in [5.41, 5.74) is 9.66. The van der Waals surface area contributed by atoms with E-state index in [1.807, 2.05) is 31.3 Å². The van der Waals surface area contributed by atoms with Gasteiger partial charge in [0.15, 0.2) is 0 Å². The van der Waals surface area contributed by atoms with Gasteiger partial charge in [-0.15, -0.1) is 0 Å². The molecule has 0 spiro atoms. The lowest BCUT2D eigenvalue weighted by atomic mass is 10.1. The summed E-state index contributed by atoms with van der Waals surface area (Å²) in [5.74, 6) is 0.856. The number of aryl methyl sites for hydroxylation is 1. The Morgan fingerprint density at radius 1 is 1.10 bits per heavy atom. The molecule has 0 fully saturated rings. The predicted molar refractivity (Wildman–Crippen MR) is 87.3 cm³/mol. The molecule has 0 radical (unpaired) electrons. The fourth-order valence-corrected chi connectivity index (χ4v) is 2.36. The largest absolute Gasteiger partial charge is 0.397 e. The Bertz CT molecular complexity index is 762. The topological polar surface area (TPSA) is 63.8 Å². The van der Waals surface area contributed by atoms with Crippen LogP contribution in [0.2, 0.25) is 0 Å². The second kappa shape index (κ2) is 5.79. The molecule has 1 aromatic carbocycles. The molecule has 3 N–H and O–H groups in total. The van der Waals surface area contributed by atoms with E-state index in [1.165, 1.54) is 10.9 Å². The molecule has 0 aliphatic rings. The van der Waals surface area contributed by atoms with Crippen LogP contribution in [0, 0.1) is 6.92 Å². The fraction of sp³-hybridized carbons (Fsp3) is 0.176. The van der Waals surface area contributed by atoms with Crippen LogP contribution < -0.4 is 11.1 Å². The van der Waals surface area contributed by atoms with E-state index in [4.69, 9.17) is 5.73 Å². The maximum atomic E-state index is 5.77. The minimum absolute atomic E-state index is 0.721. The van der Waals surface area contributed by atoms with Crippen molar-refractivity contribution in [2.45, 2.75) is 13.3 Å². The number of fused-ring (bicyclic) bond motifs is 1. The molecule has 0 atom stereocenters. The van der Waals surface area contributed by atoms with Crippen molar-refractivity contribution in [1.29, 1.82) is 0 Å². The first-order chi connectivity index (χ1) is 10.2. The number of anilines is 2. The molecule has 0 saturated heterocycles. The third-order valence-corrected chi connectivity index (χ3v) is 3.54. The first-order valence-corrected chi connectivity index (χ1v) is 7.03. The number of nitrogens with zero attached hydrogens (tertiary/aromatic N) is 2. The van der Waals surface area contributed by atoms with Gasteiger partial charge in [-0.25, -0.2) is 4.98 Å². The minimum Gasteiger partial charge on any atom is -0.397 e. The van der Waals surface area contributed by atoms with Crippen LogP contribution in [0.3, 0.4) is 0 Å². The van der Waals surface area contributed by atoms with E-state index >= 15 is 0 Å². The SMILES string of the molecule is Cc1nc(NCCc2cccc3cccnc23)ccc1N. The Hall–Kier alpha value is -2.62. The minimum atomic E-state index is 0.721. The monoisotopic (exact) mass is 278 g/mol. The van der Waals surface area contributed by atoms with Crippen LogP contribution in [0.15, 0.2) is 48.7 Å². The predicted octanol–water partition coefficient (Wildman–Crippen LogP) is 3.18. The zero-order valence-corrected chi connectivity index (χ0v) is 12.0. The summed E-state index contributed by atoms with van der Waals surface area (Å²) in [5, 5.41) is 4.51. The lowest BCUT2D eigenvalue weighted by molar-refractivity contribution is 1.01. The smallest absolute Gasteiger partial charge is 0.126 e. The number of aromatic nitrogens is 2. The lowest BCUT2D eigenvalue weighted by Gasteiger charge is -2.09. The molecule has 3 aromatic rings. The third-order valence-electron chi connectivity index (χ3n) is 3.54. The van der Waals surface area contributed by atoms with Crippen molar-refractivity contribution in [3.8, 4) is 0 Å². The molecule has 3 rings (SSSR count). The maximum absolute atomic E-state index is 5.77. The second-order valence-electron chi connectivity index (χ2n) is 5.04. The summed E-state index contributed by atoms with van der Waals surface area (Å²) in [6, 6.07) is 14.1. The average molecular weight is 278 g/mol. The molecule has 0 aliphatic carbocycles. The molecular weight excluding hydrogens is 260 g/mol. The number of benzene rings is 1. The van der Waals surface area contributed by atoms with Crippen molar-refractivity contribution in [1.82, 2.24) is 9.97 Å². The number of nitrogens with one attached hydrogen (secondary N) is 1. The van der Waals surface area contributed by atoms with E-state index in [-0.39, 0.29) is 0 Å². The van der Waals surface area contributed by atoms with E-state index in [9.17, 15) is 0 Å². The van der Waals surface area contributed by atoms with E-state index < -0.39 is 0 Å². The number of rotatable bonds is 4. The lowest BCUT2D eigenvalue weighted by Crippen LogP contribution is -2.08. The molecule has 0 amide bonds. The van der Waals surface area contributed by atoms with Crippen molar-refractivity contribution >= 4 is 22.4 Å². The molecule has 0 saturated carbocycles. The van der Waals surface area contributed by atoms with Gasteiger partial charge >= 0.3 is 0 Å². The summed E-state index contributed by atoms with van der Waals surface area (Å²) in [4.78, 5) is 8.89. The quantitative estimate of drug-likeness (QED) is 0.769. The molecule has 2 heterocycles. The van der Waals surface area contributed by atoms with Gasteiger partial charge in [-0.05, 0) is 37.1 Å². The van der Waals surface area contributed by atoms with Crippen LogP contribution in [0.5, 0.6) is 0 Å². The second-order valence-corrected chi connectivity index (χ2v) is 5.04. The van der Waals surface area contributed by atoms with Crippen LogP contribution in [0.1, 0.15) is 11.3 Å². The van der Waals surface area contributed by atoms with Crippen molar-refractivity contribution in [3.05, 3.63) is 59.9 Å². The van der Waals surface area contributed by atoms with Gasteiger partial charge in [-0.1, -0.05) is 24.3 Å². The van der Waals surface area contributed by atoms with Gasteiger partial charge in [-0.2, -0.15) is 0 Å². The van der Waals surface area contributed by atoms with Gasteiger partial charge in [0.05, 0.1) is 16.9 Å². The Balaban J connectivity index is 1.70. The highest BCUT2D eigenvalue weighted by Gasteiger charge is 2.02. The molecule has 2 aromatic heterocycles. The highest BCUT2D eigenvalue weighted by atomic mass is 15.0. The van der Waals surface area contributed by atoms with Gasteiger partial charge < -0.3 is 11.1 Å². The number of pyridine rings is 2. The van der Waals surface area contributed by atoms with E-state index in [0.29, 0.717) is 0 Å². The van der Waals surface area contributed by atoms with Crippen molar-refractivity contribution in [2.75, 3.05) is 17.6 Å². The van der Waals surface area contributed by atoms with Gasteiger partial charge in [-0.3, -0.25) is 4.98 Å². The number of nitrogen functional groups attached to an aromatic ring is 1. The summed E-state index contributed by atoms with van der Waals surface area (Å²) in [7, 11) is 0. The molecule has 4 nitrogen and oxygen atoms in total. The van der Waals surface area contributed by atoms with Crippen molar-refractivity contribution in [2.24, 2.45) is 0 Å². The molecular formula is C17H18N4. The summed E-state index contributed by atoms with van der Waals surface area (Å²) >= 11 is 0. The maximum Gasteiger partial charge on any atom is 0.126 e. The number of hydrogen-bond acceptors (Lipinski definition) is 4. The van der Waals surface area contributed by atoms with Crippen LogP contribution in [0.25, 0.3) is 10.9 Å². The highest BCUT2D eigenvalue weighted by Crippen LogP contribution is 2.17. The molecule has 0 unspecified atom stereocenters. The highest BCUT2D eigenvalue weighted by molar-refractivity contribution is 5.81. The van der Waals surface area contributed by atoms with Crippen molar-refractivity contribution in [3.63, 3.8) is 0 Å². The summed E-state index contributed by atoms with van der Waals surface area (Å²) < 4.78 is 0. The zero-order valence-electron chi connectivity index (χ0n) is 12.0. The third kappa shape index (κ3) is 2.94. The number of hydrogen-bond donors (Lipinski definition) is 2. The Morgan fingerprint density at radius 3 is 2.81 bits per heavy atom. The molecule has 106 valence electrons. The molecule has 21 heavy (non-hydrogen) atoms. The Morgan fingerprint density at radius 2 is 1.95 bits per heavy atom. The average Bonchev–Trinajstić information content (AvgIpc) is 2.51. The number of nitrogens with two attached hydrogens (primary N) is 1. The summed E-state index contributed by atoms with van der Waals surface area (Å²) in [6.45, 7) is 2.72. The Kier molecular flexibility index (Phi) is 3.69. The van der Waals surface area contributed by atoms with Crippen LogP contribution in [0.4, 0.5) is 11.5 Å². The van der Waals surface area contributed by atoms with Gasteiger partial charge in [0, 0.05) is 18.1 Å². The van der Waals surface area contributed by atoms with Crippen LogP contribution >= 0.6 is 0 Å². The Labute approximate surface area is 124 Å². The first kappa shape index (κ1) is 13.4. The van der Waals surface area contributed by atoms with Crippen LogP contribution in [-0.2, 0) is 6.42 Å². The van der Waals surface area contributed by atoms with Gasteiger partial charge in [0.1, 0.15) is 5.82 Å². The molecule has 4 heteroatoms. The normalized spacial score (nSPS) is 10.7. The zero-order chi connectivity index (χ0) is 14.7. The van der Waals surface area contributed by atoms with Crippen molar-refractivity contribution < 1.29 is 0 Å². The van der Waals surface area contributed by atoms with Gasteiger partial charge in [0.2, 0.25) is 0 Å². The first-order valence-electron chi connectivity index (χ1n) is 7.03. The van der Waals surface area contributed by atoms with E-state index in [2.05, 4.69) is 39.6 Å².